The number of para-hydroxylation sites is 3. The predicted molar refractivity (Wildman–Crippen MR) is 212 cm³/mol. The van der Waals surface area contributed by atoms with Crippen LogP contribution in [0.3, 0.4) is 0 Å². The zero-order valence-corrected chi connectivity index (χ0v) is 32.6. The Morgan fingerprint density at radius 2 is 1.11 bits per heavy atom. The van der Waals surface area contributed by atoms with Crippen LogP contribution in [-0.4, -0.2) is 89.0 Å². The molecule has 7 rings (SSSR count). The molecule has 292 valence electrons. The number of ether oxygens (including phenoxy) is 4. The number of aromatic hydroxyl groups is 1. The Labute approximate surface area is 331 Å². The molecule has 0 radical (unpaired) electrons. The lowest BCUT2D eigenvalue weighted by atomic mass is 9.90. The molecule has 2 fully saturated rings. The topological polar surface area (TPSA) is 149 Å². The summed E-state index contributed by atoms with van der Waals surface area (Å²) in [4.78, 5) is 29.5. The molecule has 0 unspecified atom stereocenters. The van der Waals surface area contributed by atoms with Gasteiger partial charge in [-0.2, -0.15) is 15.3 Å². The number of methoxy groups -OCH3 is 2. The number of carbonyl (C=O) groups excluding carboxylic acids is 2. The minimum Gasteiger partial charge on any atom is -0.507 e. The molecule has 3 aromatic carbocycles. The van der Waals surface area contributed by atoms with Crippen molar-refractivity contribution in [2.45, 2.75) is 50.7 Å². The van der Waals surface area contributed by atoms with Crippen LogP contribution >= 0.6 is 11.6 Å². The number of aryl methyl sites for hydroxylation is 2. The second-order valence-electron chi connectivity index (χ2n) is 13.7. The monoisotopic (exact) mass is 780 g/mol. The van der Waals surface area contributed by atoms with Crippen molar-refractivity contribution in [3.05, 3.63) is 114 Å². The lowest BCUT2D eigenvalue weighted by Gasteiger charge is -2.40. The van der Waals surface area contributed by atoms with Crippen molar-refractivity contribution in [3.63, 3.8) is 0 Å². The lowest BCUT2D eigenvalue weighted by Crippen LogP contribution is -2.54. The third kappa shape index (κ3) is 8.94. The first-order valence-electron chi connectivity index (χ1n) is 18.3. The van der Waals surface area contributed by atoms with Crippen molar-refractivity contribution in [1.82, 2.24) is 20.4 Å². The molecule has 1 N–H and O–H groups in total. The summed E-state index contributed by atoms with van der Waals surface area (Å²) in [5.41, 5.74) is 2.92. The van der Waals surface area contributed by atoms with Gasteiger partial charge in [-0.05, 0) is 55.3 Å². The van der Waals surface area contributed by atoms with E-state index in [0.29, 0.717) is 79.8 Å². The molecular weight excluding hydrogens is 736 g/mol. The fraction of sp³-hybridized carbons (Fsp3) is 0.333. The summed E-state index contributed by atoms with van der Waals surface area (Å²) in [5, 5.41) is 26.4. The van der Waals surface area contributed by atoms with Crippen LogP contribution in [0, 0.1) is 13.8 Å². The minimum atomic E-state index is -1.03. The highest BCUT2D eigenvalue weighted by Gasteiger charge is 2.46. The average Bonchev–Trinajstić information content (AvgIpc) is 3.23. The van der Waals surface area contributed by atoms with Gasteiger partial charge in [0.15, 0.2) is 5.15 Å². The smallest absolute Gasteiger partial charge is 0.350 e. The van der Waals surface area contributed by atoms with Gasteiger partial charge in [-0.3, -0.25) is 0 Å². The fourth-order valence-electron chi connectivity index (χ4n) is 6.94. The molecular formula is C42H45ClN6O7. The highest BCUT2D eigenvalue weighted by molar-refractivity contribution is 6.29. The summed E-state index contributed by atoms with van der Waals surface area (Å²) in [7, 11) is 2.79. The molecule has 14 heteroatoms. The Morgan fingerprint density at radius 1 is 0.661 bits per heavy atom. The number of anilines is 2. The number of hydrogen-bond acceptors (Lipinski definition) is 13. The van der Waals surface area contributed by atoms with E-state index in [2.05, 4.69) is 30.2 Å². The van der Waals surface area contributed by atoms with Crippen LogP contribution in [0.5, 0.6) is 17.2 Å². The summed E-state index contributed by atoms with van der Waals surface area (Å²) in [6, 6.07) is 26.0. The first-order chi connectivity index (χ1) is 27.1. The number of hydrogen-bond donors (Lipinski definition) is 1. The lowest BCUT2D eigenvalue weighted by molar-refractivity contribution is -0.161. The molecule has 0 saturated carbocycles. The van der Waals surface area contributed by atoms with E-state index in [1.807, 2.05) is 74.5 Å². The number of halogens is 1. The first-order valence-corrected chi connectivity index (χ1v) is 18.7. The van der Waals surface area contributed by atoms with Crippen molar-refractivity contribution in [3.8, 4) is 28.5 Å². The van der Waals surface area contributed by atoms with Gasteiger partial charge in [0.1, 0.15) is 17.2 Å². The van der Waals surface area contributed by atoms with Crippen molar-refractivity contribution < 1.29 is 33.6 Å². The number of aromatic nitrogens is 4. The highest BCUT2D eigenvalue weighted by Crippen LogP contribution is 2.36. The number of rotatable bonds is 9. The van der Waals surface area contributed by atoms with Crippen molar-refractivity contribution >= 4 is 34.9 Å². The maximum absolute atomic E-state index is 12.7. The number of nitrogens with zero attached hydrogens (tertiary/aromatic N) is 6. The van der Waals surface area contributed by atoms with Crippen molar-refractivity contribution in [2.75, 3.05) is 50.2 Å². The molecule has 5 aromatic rings. The Kier molecular flexibility index (Phi) is 12.5. The van der Waals surface area contributed by atoms with Gasteiger partial charge in [0.2, 0.25) is 11.2 Å². The van der Waals surface area contributed by atoms with E-state index < -0.39 is 11.2 Å². The molecule has 0 aliphatic carbocycles. The number of piperidine rings is 2. The second-order valence-corrected chi connectivity index (χ2v) is 14.1. The van der Waals surface area contributed by atoms with E-state index in [1.54, 1.807) is 36.7 Å². The van der Waals surface area contributed by atoms with Crippen molar-refractivity contribution in [1.29, 1.82) is 0 Å². The maximum atomic E-state index is 12.7. The predicted octanol–water partition coefficient (Wildman–Crippen LogP) is 6.78. The number of benzene rings is 3. The number of phenols is 1. The van der Waals surface area contributed by atoms with Gasteiger partial charge < -0.3 is 33.9 Å². The number of carbonyl (C=O) groups is 2. The SMILES string of the molecule is COC(=O)C1(Oc2ccccc2C)CCN(c2cnnc(-c3ccccc3O)c2)CC1.COC(=O)C1(Oc2ccccc2C)CCN(c2cnnc(Cl)c2)CC1. The van der Waals surface area contributed by atoms with Crippen LogP contribution < -0.4 is 19.3 Å². The second kappa shape index (κ2) is 17.7. The molecule has 0 amide bonds. The molecule has 56 heavy (non-hydrogen) atoms. The quantitative estimate of drug-likeness (QED) is 0.157. The van der Waals surface area contributed by atoms with Crippen LogP contribution in [0.15, 0.2) is 97.3 Å². The summed E-state index contributed by atoms with van der Waals surface area (Å²) in [6.07, 6.45) is 5.32. The normalized spacial score (nSPS) is 15.8. The molecule has 2 aliphatic rings. The standard InChI is InChI=1S/C24H25N3O4.C18H20ClN3O3/c1-17-7-3-6-10-22(17)31-24(23(29)30-2)11-13-27(14-12-24)18-15-20(26-25-16-18)19-8-4-5-9-21(19)28;1-13-5-3-4-6-15(13)25-18(17(23)24-2)7-9-22(10-8-18)14-11-16(19)21-20-12-14/h3-10,15-16,28H,11-14H2,1-2H3;3-6,11-12H,7-10H2,1-2H3. The van der Waals surface area contributed by atoms with Crippen LogP contribution in [0.1, 0.15) is 36.8 Å². The van der Waals surface area contributed by atoms with Crippen LogP contribution in [0.2, 0.25) is 5.15 Å². The molecule has 2 aromatic heterocycles. The zero-order chi connectivity index (χ0) is 39.7. The Hall–Kier alpha value is -5.95. The van der Waals surface area contributed by atoms with Crippen molar-refractivity contribution in [2.24, 2.45) is 0 Å². The van der Waals surface area contributed by atoms with Gasteiger partial charge in [-0.15, -0.1) is 5.10 Å². The number of esters is 2. The van der Waals surface area contributed by atoms with E-state index >= 15 is 0 Å². The van der Waals surface area contributed by atoms with E-state index in [0.717, 1.165) is 22.5 Å². The van der Waals surface area contributed by atoms with Crippen LogP contribution in [0.4, 0.5) is 11.4 Å². The molecule has 0 spiro atoms. The summed E-state index contributed by atoms with van der Waals surface area (Å²) in [6.45, 7) is 6.35. The Bertz CT molecular complexity index is 2140. The Balaban J connectivity index is 0.000000194. The largest absolute Gasteiger partial charge is 0.507 e. The van der Waals surface area contributed by atoms with Gasteiger partial charge in [0.25, 0.3) is 0 Å². The molecule has 0 atom stereocenters. The van der Waals surface area contributed by atoms with E-state index in [4.69, 9.17) is 30.5 Å². The van der Waals surface area contributed by atoms with E-state index in [9.17, 15) is 14.7 Å². The summed E-state index contributed by atoms with van der Waals surface area (Å²) < 4.78 is 22.6. The highest BCUT2D eigenvalue weighted by atomic mass is 35.5. The third-order valence-electron chi connectivity index (χ3n) is 10.2. The van der Waals surface area contributed by atoms with E-state index in [1.165, 1.54) is 14.2 Å². The molecule has 13 nitrogen and oxygen atoms in total. The fourth-order valence-corrected chi connectivity index (χ4v) is 7.09. The van der Waals surface area contributed by atoms with Gasteiger partial charge in [-0.25, -0.2) is 9.59 Å². The molecule has 2 saturated heterocycles. The molecule has 0 bridgehead atoms. The number of phenolic OH excluding ortho intramolecular Hbond substituents is 1. The summed E-state index contributed by atoms with van der Waals surface area (Å²) in [5.74, 6) is 0.840. The molecule has 4 heterocycles. The third-order valence-corrected chi connectivity index (χ3v) is 10.4. The van der Waals surface area contributed by atoms with Gasteiger partial charge >= 0.3 is 11.9 Å². The summed E-state index contributed by atoms with van der Waals surface area (Å²) >= 11 is 5.92. The minimum absolute atomic E-state index is 0.156. The van der Waals surface area contributed by atoms with Gasteiger partial charge in [0.05, 0.1) is 43.7 Å². The average molecular weight is 781 g/mol. The molecule has 2 aliphatic heterocycles. The Morgan fingerprint density at radius 3 is 1.57 bits per heavy atom. The zero-order valence-electron chi connectivity index (χ0n) is 31.9. The first kappa shape index (κ1) is 39.7. The van der Waals surface area contributed by atoms with Crippen LogP contribution in [-0.2, 0) is 19.1 Å². The van der Waals surface area contributed by atoms with Gasteiger partial charge in [-0.1, -0.05) is 60.1 Å². The maximum Gasteiger partial charge on any atom is 0.350 e. The van der Waals surface area contributed by atoms with Gasteiger partial charge in [0, 0.05) is 63.5 Å². The van der Waals surface area contributed by atoms with E-state index in [-0.39, 0.29) is 17.7 Å². The van der Waals surface area contributed by atoms with Crippen LogP contribution in [0.25, 0.3) is 11.3 Å².